The highest BCUT2D eigenvalue weighted by molar-refractivity contribution is 5.95. The van der Waals surface area contributed by atoms with E-state index in [0.29, 0.717) is 46.3 Å². The lowest BCUT2D eigenvalue weighted by Crippen LogP contribution is -2.27. The Hall–Kier alpha value is -7.14. The maximum Gasteiger partial charge on any atom is 0.269 e. The van der Waals surface area contributed by atoms with Crippen LogP contribution in [0.3, 0.4) is 0 Å². The van der Waals surface area contributed by atoms with Gasteiger partial charge in [-0.2, -0.15) is 0 Å². The summed E-state index contributed by atoms with van der Waals surface area (Å²) in [6, 6.07) is 36.9. The Kier molecular flexibility index (Phi) is 8.79. The molecule has 1 aliphatic carbocycles. The fourth-order valence-electron chi connectivity index (χ4n) is 7.17. The average Bonchev–Trinajstić information content (AvgIpc) is 4.00. The van der Waals surface area contributed by atoms with Crippen molar-refractivity contribution in [2.45, 2.75) is 31.8 Å². The van der Waals surface area contributed by atoms with Crippen molar-refractivity contribution >= 4 is 22.9 Å². The number of benzene rings is 4. The van der Waals surface area contributed by atoms with Gasteiger partial charge in [0.1, 0.15) is 42.0 Å². The fraction of sp³-hybridized carbons (Fsp3) is 0.136. The number of hydrogen-bond acceptors (Lipinski definition) is 9. The molecule has 0 radical (unpaired) electrons. The number of aromatic nitrogens is 4. The molecule has 55 heavy (non-hydrogen) atoms. The molecule has 3 aromatic heterocycles. The number of methoxy groups -OCH3 is 1. The first-order valence-electron chi connectivity index (χ1n) is 18.0. The monoisotopic (exact) mass is 728 g/mol. The number of rotatable bonds is 10. The molecule has 2 aliphatic rings. The van der Waals surface area contributed by atoms with Crippen molar-refractivity contribution in [3.05, 3.63) is 162 Å². The molecule has 4 heterocycles. The number of ether oxygens (including phenoxy) is 4. The third-order valence-corrected chi connectivity index (χ3v) is 9.96. The molecule has 3 N–H and O–H groups in total. The number of aryl methyl sites for hydroxylation is 1. The summed E-state index contributed by atoms with van der Waals surface area (Å²) in [4.78, 5) is 28.3. The van der Waals surface area contributed by atoms with Crippen LogP contribution in [-0.2, 0) is 22.5 Å². The molecular weight excluding hydrogens is 693 g/mol. The molecule has 0 bridgehead atoms. The van der Waals surface area contributed by atoms with Gasteiger partial charge in [-0.1, -0.05) is 48.5 Å². The van der Waals surface area contributed by atoms with Crippen LogP contribution in [0.1, 0.15) is 51.4 Å². The van der Waals surface area contributed by atoms with Crippen molar-refractivity contribution in [1.82, 2.24) is 24.8 Å². The Labute approximate surface area is 317 Å². The first-order valence-corrected chi connectivity index (χ1v) is 18.0. The van der Waals surface area contributed by atoms with E-state index in [-0.39, 0.29) is 11.9 Å². The number of nitrogens with two attached hydrogens (primary N) is 1. The molecule has 0 saturated heterocycles. The van der Waals surface area contributed by atoms with Crippen LogP contribution in [0.25, 0.3) is 39.5 Å². The van der Waals surface area contributed by atoms with Crippen LogP contribution in [0.15, 0.2) is 134 Å². The molecule has 0 fully saturated rings. The number of nitrogens with one attached hydrogen (secondary N) is 1. The Morgan fingerprint density at radius 3 is 2.53 bits per heavy atom. The summed E-state index contributed by atoms with van der Waals surface area (Å²) in [7, 11) is 1.63. The van der Waals surface area contributed by atoms with E-state index in [0.717, 1.165) is 57.7 Å². The fourth-order valence-corrected chi connectivity index (χ4v) is 7.17. The molecule has 1 atom stereocenters. The van der Waals surface area contributed by atoms with Crippen LogP contribution in [0.4, 0.5) is 5.82 Å². The average molecular weight is 729 g/mol. The lowest BCUT2D eigenvalue weighted by molar-refractivity contribution is -0.0266. The molecule has 4 aromatic carbocycles. The Balaban J connectivity index is 0.997. The molecule has 0 unspecified atom stereocenters. The van der Waals surface area contributed by atoms with Gasteiger partial charge in [-0.15, -0.1) is 0 Å². The molecule has 0 saturated carbocycles. The summed E-state index contributed by atoms with van der Waals surface area (Å²) in [6.45, 7) is 0.319. The van der Waals surface area contributed by atoms with E-state index < -0.39 is 6.29 Å². The van der Waals surface area contributed by atoms with Gasteiger partial charge in [0, 0.05) is 23.0 Å². The van der Waals surface area contributed by atoms with Gasteiger partial charge in [0.2, 0.25) is 0 Å². The highest BCUT2D eigenvalue weighted by atomic mass is 16.7. The van der Waals surface area contributed by atoms with Crippen LogP contribution in [0.5, 0.6) is 11.5 Å². The van der Waals surface area contributed by atoms with Crippen LogP contribution in [0, 0.1) is 0 Å². The molecule has 1 aliphatic heterocycles. The third kappa shape index (κ3) is 6.56. The zero-order valence-corrected chi connectivity index (χ0v) is 29.9. The molecule has 11 heteroatoms. The lowest BCUT2D eigenvalue weighted by atomic mass is 10.0. The molecule has 0 spiro atoms. The number of amides is 1. The van der Waals surface area contributed by atoms with Gasteiger partial charge in [-0.25, -0.2) is 15.0 Å². The Bertz CT molecular complexity index is 2560. The highest BCUT2D eigenvalue weighted by Gasteiger charge is 2.28. The predicted octanol–water partition coefficient (Wildman–Crippen LogP) is 8.25. The highest BCUT2D eigenvalue weighted by Crippen LogP contribution is 2.38. The third-order valence-electron chi connectivity index (χ3n) is 9.96. The van der Waals surface area contributed by atoms with E-state index in [2.05, 4.69) is 22.4 Å². The first-order chi connectivity index (χ1) is 27.0. The summed E-state index contributed by atoms with van der Waals surface area (Å²) in [6.07, 6.45) is 5.44. The van der Waals surface area contributed by atoms with E-state index in [4.69, 9.17) is 34.6 Å². The van der Waals surface area contributed by atoms with Crippen molar-refractivity contribution in [3.8, 4) is 39.8 Å². The Morgan fingerprint density at radius 1 is 0.891 bits per heavy atom. The maximum absolute atomic E-state index is 13.8. The van der Waals surface area contributed by atoms with Crippen LogP contribution in [-0.4, -0.2) is 32.5 Å². The van der Waals surface area contributed by atoms with Gasteiger partial charge >= 0.3 is 0 Å². The minimum Gasteiger partial charge on any atom is -0.497 e. The molecule has 11 nitrogen and oxygen atoms in total. The van der Waals surface area contributed by atoms with Crippen molar-refractivity contribution in [2.75, 3.05) is 12.8 Å². The molecule has 9 rings (SSSR count). The lowest BCUT2D eigenvalue weighted by Gasteiger charge is -2.19. The topological polar surface area (TPSA) is 136 Å². The maximum atomic E-state index is 13.8. The largest absolute Gasteiger partial charge is 0.497 e. The number of imidazole rings is 1. The Morgan fingerprint density at radius 2 is 1.73 bits per heavy atom. The number of carbonyl (C=O) groups is 1. The SMILES string of the molecule is COc1ccc(COc2ccc(C(=O)N[C@H]3CCc4cc(-n5c(-c6cccnc6N)nc6ccc(-c7ccccc7)nc65)ccc43)cc2C2OC=CO2)cc1. The summed E-state index contributed by atoms with van der Waals surface area (Å²) in [5, 5.41) is 3.27. The minimum atomic E-state index is -0.728. The van der Waals surface area contributed by atoms with Gasteiger partial charge in [-0.05, 0) is 96.3 Å². The molecular formula is C44H36N6O5. The van der Waals surface area contributed by atoms with Crippen LogP contribution < -0.4 is 20.5 Å². The van der Waals surface area contributed by atoms with Crippen LogP contribution >= 0.6 is 0 Å². The van der Waals surface area contributed by atoms with Gasteiger partial charge in [0.15, 0.2) is 11.5 Å². The van der Waals surface area contributed by atoms with E-state index in [1.54, 1.807) is 31.5 Å². The number of pyridine rings is 2. The standard InChI is InChI=1S/C44H36N6O5/c1-52-32-14-9-27(10-15-32)26-55-39-20-12-30(25-35(39)44-53-22-23-54-44)43(51)49-37-17-11-29-24-31(13-16-33(29)37)50-41(34-8-5-21-46-40(34)45)48-38-19-18-36(47-42(38)50)28-6-3-2-4-7-28/h2-10,12-16,18-25,37,44H,11,17,26H2,1H3,(H2,45,46)(H,49,51)/t37-/m0/s1. The molecule has 272 valence electrons. The van der Waals surface area contributed by atoms with Crippen LogP contribution in [0.2, 0.25) is 0 Å². The minimum absolute atomic E-state index is 0.178. The summed E-state index contributed by atoms with van der Waals surface area (Å²) in [5.74, 6) is 2.16. The molecule has 1 amide bonds. The normalized spacial score (nSPS) is 14.7. The number of anilines is 1. The van der Waals surface area contributed by atoms with Gasteiger partial charge < -0.3 is 30.0 Å². The number of nitrogens with zero attached hydrogens (tertiary/aromatic N) is 4. The second-order valence-corrected chi connectivity index (χ2v) is 13.3. The van der Waals surface area contributed by atoms with Gasteiger partial charge in [-0.3, -0.25) is 9.36 Å². The predicted molar refractivity (Wildman–Crippen MR) is 208 cm³/mol. The summed E-state index contributed by atoms with van der Waals surface area (Å²) >= 11 is 0. The number of fused-ring (bicyclic) bond motifs is 2. The quantitative estimate of drug-likeness (QED) is 0.143. The van der Waals surface area contributed by atoms with Gasteiger partial charge in [0.05, 0.1) is 30.0 Å². The number of nitrogen functional groups attached to an aromatic ring is 1. The first kappa shape index (κ1) is 33.7. The van der Waals surface area contributed by atoms with E-state index >= 15 is 0 Å². The summed E-state index contributed by atoms with van der Waals surface area (Å²) in [5.41, 5.74) is 15.6. The van der Waals surface area contributed by atoms with Crippen molar-refractivity contribution in [2.24, 2.45) is 0 Å². The van der Waals surface area contributed by atoms with E-state index in [1.165, 1.54) is 12.5 Å². The zero-order valence-electron chi connectivity index (χ0n) is 29.9. The smallest absolute Gasteiger partial charge is 0.269 e. The van der Waals surface area contributed by atoms with Crippen molar-refractivity contribution in [1.29, 1.82) is 0 Å². The van der Waals surface area contributed by atoms with E-state index in [1.807, 2.05) is 89.5 Å². The van der Waals surface area contributed by atoms with Gasteiger partial charge in [0.25, 0.3) is 12.2 Å². The second-order valence-electron chi connectivity index (χ2n) is 13.3. The second kappa shape index (κ2) is 14.4. The summed E-state index contributed by atoms with van der Waals surface area (Å²) < 4.78 is 24.8. The number of carbonyl (C=O) groups excluding carboxylic acids is 1. The van der Waals surface area contributed by atoms with E-state index in [9.17, 15) is 4.79 Å². The zero-order chi connectivity index (χ0) is 37.3. The molecule has 7 aromatic rings. The van der Waals surface area contributed by atoms with Crippen molar-refractivity contribution < 1.29 is 23.7 Å². The van der Waals surface area contributed by atoms with Crippen molar-refractivity contribution in [3.63, 3.8) is 0 Å². The number of hydrogen-bond donors (Lipinski definition) is 2.